The summed E-state index contributed by atoms with van der Waals surface area (Å²) in [5, 5.41) is 3.16. The van der Waals surface area contributed by atoms with Crippen molar-refractivity contribution in [2.24, 2.45) is 0 Å². The molecule has 1 aromatic carbocycles. The Kier molecular flexibility index (Phi) is 10.9. The molecule has 5 rings (SSSR count). The number of hydrazine groups is 4. The summed E-state index contributed by atoms with van der Waals surface area (Å²) in [5.74, 6) is 4.83. The van der Waals surface area contributed by atoms with Crippen molar-refractivity contribution in [3.05, 3.63) is 24.3 Å². The second-order valence-corrected chi connectivity index (χ2v) is 22.1. The average molecular weight is 573 g/mol. The van der Waals surface area contributed by atoms with Crippen LogP contribution >= 0.6 is 31.7 Å². The van der Waals surface area contributed by atoms with Crippen LogP contribution in [0.5, 0.6) is 0 Å². The predicted octanol–water partition coefficient (Wildman–Crippen LogP) is 3.05. The molecule has 1 aromatic rings. The van der Waals surface area contributed by atoms with Crippen molar-refractivity contribution in [1.29, 1.82) is 0 Å². The fourth-order valence-electron chi connectivity index (χ4n) is 5.66. The van der Waals surface area contributed by atoms with Crippen molar-refractivity contribution in [2.45, 2.75) is 102 Å². The third kappa shape index (κ3) is 6.67. The number of hydrogen-bond donors (Lipinski definition) is 8. The monoisotopic (exact) mass is 572 g/mol. The standard InChI is InChI=1S/C14H24N4P2.C10H24N4P2/c1-9-15-16-10(2)19(9)13-7-5-6-8-14(13)20-11(3)17-18-12(20)4;1-7-11-12-8(2)15(7)5-6-16-9(3)13-14-10(16)4/h5-12,15-18H,1-4H3;7-14H,5-6H2,1-4H3/t9-,10-,11-,12-;7-,8-,9-,10-/m00/s1. The van der Waals surface area contributed by atoms with E-state index in [4.69, 9.17) is 0 Å². The molecule has 4 aliphatic heterocycles. The minimum Gasteiger partial charge on any atom is -0.250 e. The van der Waals surface area contributed by atoms with Crippen molar-refractivity contribution in [2.75, 3.05) is 12.3 Å². The summed E-state index contributed by atoms with van der Waals surface area (Å²) in [6, 6.07) is 9.09. The summed E-state index contributed by atoms with van der Waals surface area (Å²) in [4.78, 5) is 0. The van der Waals surface area contributed by atoms with Crippen LogP contribution < -0.4 is 54.0 Å². The van der Waals surface area contributed by atoms with Gasteiger partial charge in [-0.1, -0.05) is 40.1 Å². The van der Waals surface area contributed by atoms with Crippen LogP contribution in [0.4, 0.5) is 0 Å². The van der Waals surface area contributed by atoms with Crippen molar-refractivity contribution < 1.29 is 0 Å². The first-order valence-corrected chi connectivity index (χ1v) is 19.7. The highest BCUT2D eigenvalue weighted by atomic mass is 31.1. The molecule has 36 heavy (non-hydrogen) atoms. The lowest BCUT2D eigenvalue weighted by Crippen LogP contribution is -2.30. The molecule has 0 aliphatic carbocycles. The van der Waals surface area contributed by atoms with Crippen LogP contribution in [0.25, 0.3) is 0 Å². The van der Waals surface area contributed by atoms with E-state index >= 15 is 0 Å². The van der Waals surface area contributed by atoms with Gasteiger partial charge in [0.25, 0.3) is 0 Å². The van der Waals surface area contributed by atoms with Crippen molar-refractivity contribution in [1.82, 2.24) is 43.4 Å². The first-order chi connectivity index (χ1) is 17.2. The third-order valence-corrected chi connectivity index (χ3v) is 20.0. The van der Waals surface area contributed by atoms with Gasteiger partial charge in [-0.05, 0) is 94.2 Å². The van der Waals surface area contributed by atoms with Crippen LogP contribution in [-0.2, 0) is 0 Å². The molecule has 0 unspecified atom stereocenters. The zero-order valence-corrected chi connectivity index (χ0v) is 26.7. The van der Waals surface area contributed by atoms with Crippen LogP contribution in [0.15, 0.2) is 24.3 Å². The first kappa shape index (κ1) is 29.6. The molecule has 4 heterocycles. The molecule has 0 spiro atoms. The predicted molar refractivity (Wildman–Crippen MR) is 164 cm³/mol. The molecule has 8 atom stereocenters. The van der Waals surface area contributed by atoms with E-state index in [0.29, 0.717) is 46.3 Å². The summed E-state index contributed by atoms with van der Waals surface area (Å²) in [6.45, 7) is 18.4. The lowest BCUT2D eigenvalue weighted by atomic mass is 10.4. The summed E-state index contributed by atoms with van der Waals surface area (Å²) in [6.07, 6.45) is 2.81. The average Bonchev–Trinajstić information content (AvgIpc) is 3.57. The maximum absolute atomic E-state index is 3.41. The van der Waals surface area contributed by atoms with E-state index in [0.717, 1.165) is 0 Å². The van der Waals surface area contributed by atoms with Crippen LogP contribution in [0.2, 0.25) is 0 Å². The second kappa shape index (κ2) is 13.3. The molecule has 204 valence electrons. The summed E-state index contributed by atoms with van der Waals surface area (Å²) < 4.78 is 0. The van der Waals surface area contributed by atoms with Crippen molar-refractivity contribution in [3.63, 3.8) is 0 Å². The van der Waals surface area contributed by atoms with Gasteiger partial charge in [0.05, 0.1) is 0 Å². The van der Waals surface area contributed by atoms with Gasteiger partial charge in [-0.3, -0.25) is 21.7 Å². The van der Waals surface area contributed by atoms with Gasteiger partial charge in [0.15, 0.2) is 0 Å². The van der Waals surface area contributed by atoms with Crippen molar-refractivity contribution in [3.8, 4) is 0 Å². The smallest absolute Gasteiger partial charge is 0.0438 e. The first-order valence-electron chi connectivity index (χ1n) is 13.4. The van der Waals surface area contributed by atoms with E-state index < -0.39 is 0 Å². The Morgan fingerprint density at radius 2 is 0.694 bits per heavy atom. The van der Waals surface area contributed by atoms with Crippen LogP contribution in [0, 0.1) is 0 Å². The Morgan fingerprint density at radius 1 is 0.444 bits per heavy atom. The number of nitrogens with one attached hydrogen (secondary N) is 8. The fourth-order valence-corrected chi connectivity index (χ4v) is 17.1. The highest BCUT2D eigenvalue weighted by Gasteiger charge is 2.37. The van der Waals surface area contributed by atoms with Crippen LogP contribution in [0.3, 0.4) is 0 Å². The Balaban J connectivity index is 0.000000174. The molecule has 0 bridgehead atoms. The third-order valence-electron chi connectivity index (χ3n) is 7.72. The zero-order chi connectivity index (χ0) is 26.0. The van der Waals surface area contributed by atoms with E-state index in [1.54, 1.807) is 10.6 Å². The molecule has 0 saturated carbocycles. The quantitative estimate of drug-likeness (QED) is 0.255. The van der Waals surface area contributed by atoms with Gasteiger partial charge in [0.2, 0.25) is 0 Å². The number of rotatable bonds is 5. The summed E-state index contributed by atoms with van der Waals surface area (Å²) in [7, 11) is -0.165. The molecular formula is C24H48N8P4. The second-order valence-electron chi connectivity index (χ2n) is 10.3. The van der Waals surface area contributed by atoms with E-state index in [-0.39, 0.29) is 31.7 Å². The Bertz CT molecular complexity index is 745. The van der Waals surface area contributed by atoms with E-state index in [1.165, 1.54) is 12.3 Å². The van der Waals surface area contributed by atoms with Crippen LogP contribution in [0.1, 0.15) is 55.4 Å². The molecule has 12 heteroatoms. The van der Waals surface area contributed by atoms with Gasteiger partial charge in [-0.15, -0.1) is 0 Å². The molecular weight excluding hydrogens is 524 g/mol. The molecule has 0 amide bonds. The SMILES string of the molecule is C[C@H]1NN[C@H](C)P1CCP1[C@@H](C)NN[C@@H]1C.C[C@H]1NN[C@H](C)P1c1ccccc1P1[C@@H](C)NN[C@@H]1C. The highest BCUT2D eigenvalue weighted by molar-refractivity contribution is 7.73. The van der Waals surface area contributed by atoms with Gasteiger partial charge in [-0.2, -0.15) is 0 Å². The topological polar surface area (TPSA) is 96.2 Å². The van der Waals surface area contributed by atoms with E-state index in [2.05, 4.69) is 123 Å². The van der Waals surface area contributed by atoms with Gasteiger partial charge in [0, 0.05) is 46.3 Å². The lowest BCUT2D eigenvalue weighted by molar-refractivity contribution is 0.567. The largest absolute Gasteiger partial charge is 0.250 e. The van der Waals surface area contributed by atoms with Gasteiger partial charge in [-0.25, -0.2) is 21.7 Å². The van der Waals surface area contributed by atoms with Gasteiger partial charge >= 0.3 is 0 Å². The minimum absolute atomic E-state index is 0.117. The van der Waals surface area contributed by atoms with Crippen molar-refractivity contribution >= 4 is 42.3 Å². The zero-order valence-electron chi connectivity index (χ0n) is 23.1. The highest BCUT2D eigenvalue weighted by Crippen LogP contribution is 2.53. The maximum atomic E-state index is 3.41. The lowest BCUT2D eigenvalue weighted by Gasteiger charge is -2.27. The molecule has 0 radical (unpaired) electrons. The Labute approximate surface area is 223 Å². The maximum Gasteiger partial charge on any atom is 0.0438 e. The molecule has 8 N–H and O–H groups in total. The summed E-state index contributed by atoms with van der Waals surface area (Å²) in [5.41, 5.74) is 27.1. The molecule has 4 aliphatic rings. The Morgan fingerprint density at radius 3 is 0.972 bits per heavy atom. The van der Waals surface area contributed by atoms with Gasteiger partial charge in [0.1, 0.15) is 0 Å². The number of hydrogen-bond acceptors (Lipinski definition) is 8. The van der Waals surface area contributed by atoms with E-state index in [1.807, 2.05) is 0 Å². The van der Waals surface area contributed by atoms with Gasteiger partial charge < -0.3 is 0 Å². The number of benzene rings is 1. The molecule has 4 fully saturated rings. The fraction of sp³-hybridized carbons (Fsp3) is 0.750. The van der Waals surface area contributed by atoms with E-state index in [9.17, 15) is 0 Å². The minimum atomic E-state index is -0.199. The summed E-state index contributed by atoms with van der Waals surface area (Å²) >= 11 is 0. The molecule has 4 saturated heterocycles. The molecule has 8 nitrogen and oxygen atoms in total. The Hall–Kier alpha value is 0.620. The normalized spacial score (nSPS) is 38.6. The van der Waals surface area contributed by atoms with Crippen LogP contribution in [-0.4, -0.2) is 58.6 Å². The molecule has 0 aromatic heterocycles.